The first-order valence-electron chi connectivity index (χ1n) is 7.09. The maximum atomic E-state index is 8.96. The molecule has 1 heterocycles. The van der Waals surface area contributed by atoms with Crippen molar-refractivity contribution in [1.29, 1.82) is 0 Å². The quantitative estimate of drug-likeness (QED) is 0.794. The highest BCUT2D eigenvalue weighted by Gasteiger charge is 2.07. The molecule has 2 aromatic carbocycles. The Balaban J connectivity index is 1.94. The zero-order chi connectivity index (χ0) is 14.7. The topological polar surface area (TPSA) is 38.0 Å². The summed E-state index contributed by atoms with van der Waals surface area (Å²) in [5.41, 5.74) is 4.33. The highest BCUT2D eigenvalue weighted by Crippen LogP contribution is 2.21. The second-order valence-corrected chi connectivity index (χ2v) is 5.05. The van der Waals surface area contributed by atoms with E-state index in [-0.39, 0.29) is 6.61 Å². The Kier molecular flexibility index (Phi) is 3.84. The monoisotopic (exact) mass is 278 g/mol. The molecule has 1 aromatic heterocycles. The number of hydrogen-bond acceptors (Lipinski definition) is 2. The second kappa shape index (κ2) is 5.94. The van der Waals surface area contributed by atoms with Gasteiger partial charge < -0.3 is 9.67 Å². The lowest BCUT2D eigenvalue weighted by Crippen LogP contribution is -1.96. The number of benzene rings is 2. The summed E-state index contributed by atoms with van der Waals surface area (Å²) in [7, 11) is 0. The Morgan fingerprint density at radius 3 is 2.38 bits per heavy atom. The number of imidazole rings is 1. The molecule has 0 atom stereocenters. The second-order valence-electron chi connectivity index (χ2n) is 5.05. The van der Waals surface area contributed by atoms with Gasteiger partial charge in [0.05, 0.1) is 5.69 Å². The molecule has 0 saturated carbocycles. The molecule has 3 nitrogen and oxygen atoms in total. The lowest BCUT2D eigenvalue weighted by molar-refractivity contribution is 0.299. The van der Waals surface area contributed by atoms with Crippen LogP contribution in [-0.2, 0) is 6.42 Å². The van der Waals surface area contributed by atoms with Gasteiger partial charge in [-0.15, -0.1) is 0 Å². The molecule has 3 rings (SSSR count). The van der Waals surface area contributed by atoms with Crippen LogP contribution >= 0.6 is 0 Å². The van der Waals surface area contributed by atoms with Crippen molar-refractivity contribution in [3.05, 3.63) is 72.2 Å². The summed E-state index contributed by atoms with van der Waals surface area (Å²) in [6, 6.07) is 18.4. The van der Waals surface area contributed by atoms with Crippen molar-refractivity contribution in [2.45, 2.75) is 13.3 Å². The van der Waals surface area contributed by atoms with Gasteiger partial charge >= 0.3 is 0 Å². The molecule has 1 N–H and O–H groups in total. The number of aliphatic hydroxyl groups is 1. The van der Waals surface area contributed by atoms with E-state index in [1.807, 2.05) is 37.3 Å². The average Bonchev–Trinajstić information content (AvgIpc) is 2.91. The van der Waals surface area contributed by atoms with Crippen molar-refractivity contribution < 1.29 is 5.11 Å². The number of nitrogens with zero attached hydrogens (tertiary/aromatic N) is 2. The van der Waals surface area contributed by atoms with Gasteiger partial charge in [-0.3, -0.25) is 0 Å². The molecule has 0 bridgehead atoms. The van der Waals surface area contributed by atoms with E-state index in [1.54, 1.807) is 0 Å². The molecule has 21 heavy (non-hydrogen) atoms. The highest BCUT2D eigenvalue weighted by atomic mass is 16.2. The van der Waals surface area contributed by atoms with Crippen LogP contribution in [0, 0.1) is 6.92 Å². The van der Waals surface area contributed by atoms with Crippen molar-refractivity contribution in [2.75, 3.05) is 6.61 Å². The van der Waals surface area contributed by atoms with Gasteiger partial charge in [-0.25, -0.2) is 4.98 Å². The summed E-state index contributed by atoms with van der Waals surface area (Å²) in [6.07, 6.45) is 2.75. The fraction of sp³-hybridized carbons (Fsp3) is 0.167. The van der Waals surface area contributed by atoms with Crippen molar-refractivity contribution in [3.63, 3.8) is 0 Å². The molecular weight excluding hydrogens is 260 g/mol. The van der Waals surface area contributed by atoms with E-state index < -0.39 is 0 Å². The largest absolute Gasteiger partial charge is 0.396 e. The van der Waals surface area contributed by atoms with Crippen LogP contribution in [0.2, 0.25) is 0 Å². The van der Waals surface area contributed by atoms with Crippen LogP contribution in [-0.4, -0.2) is 21.3 Å². The summed E-state index contributed by atoms with van der Waals surface area (Å²) in [6.45, 7) is 2.19. The van der Waals surface area contributed by atoms with E-state index in [0.29, 0.717) is 6.42 Å². The molecule has 3 heteroatoms. The van der Waals surface area contributed by atoms with E-state index in [9.17, 15) is 0 Å². The maximum absolute atomic E-state index is 8.96. The fourth-order valence-corrected chi connectivity index (χ4v) is 2.43. The fourth-order valence-electron chi connectivity index (χ4n) is 2.43. The van der Waals surface area contributed by atoms with Crippen LogP contribution in [0.25, 0.3) is 16.9 Å². The number of hydrogen-bond donors (Lipinski definition) is 1. The Hall–Kier alpha value is -2.39. The van der Waals surface area contributed by atoms with Crippen LogP contribution in [0.15, 0.2) is 60.8 Å². The van der Waals surface area contributed by atoms with Gasteiger partial charge in [0.25, 0.3) is 0 Å². The van der Waals surface area contributed by atoms with Crippen molar-refractivity contribution in [2.24, 2.45) is 0 Å². The minimum atomic E-state index is 0.182. The third kappa shape index (κ3) is 2.88. The normalized spacial score (nSPS) is 10.8. The van der Waals surface area contributed by atoms with Gasteiger partial charge in [-0.2, -0.15) is 0 Å². The molecule has 0 aliphatic rings. The number of aromatic nitrogens is 2. The van der Waals surface area contributed by atoms with Gasteiger partial charge in [-0.05, 0) is 31.0 Å². The molecule has 0 aliphatic heterocycles. The molecule has 0 spiro atoms. The van der Waals surface area contributed by atoms with Crippen molar-refractivity contribution >= 4 is 0 Å². The predicted octanol–water partition coefficient (Wildman–Crippen LogP) is 3.38. The molecule has 3 aromatic rings. The van der Waals surface area contributed by atoms with Gasteiger partial charge in [-0.1, -0.05) is 42.5 Å². The van der Waals surface area contributed by atoms with Gasteiger partial charge in [0.1, 0.15) is 5.82 Å². The van der Waals surface area contributed by atoms with E-state index in [2.05, 4.69) is 40.0 Å². The predicted molar refractivity (Wildman–Crippen MR) is 84.5 cm³/mol. The van der Waals surface area contributed by atoms with Crippen LogP contribution < -0.4 is 0 Å². The molecule has 0 aliphatic carbocycles. The Morgan fingerprint density at radius 1 is 1.00 bits per heavy atom. The molecule has 106 valence electrons. The SMILES string of the molecule is Cc1nc(-c2ccccc2)cn1-c1ccc(CCO)cc1. The minimum Gasteiger partial charge on any atom is -0.396 e. The van der Waals surface area contributed by atoms with E-state index >= 15 is 0 Å². The van der Waals surface area contributed by atoms with Gasteiger partial charge in [0.2, 0.25) is 0 Å². The highest BCUT2D eigenvalue weighted by molar-refractivity contribution is 5.59. The van der Waals surface area contributed by atoms with Crippen molar-refractivity contribution in [1.82, 2.24) is 9.55 Å². The zero-order valence-corrected chi connectivity index (χ0v) is 12.0. The summed E-state index contributed by atoms with van der Waals surface area (Å²) >= 11 is 0. The van der Waals surface area contributed by atoms with Crippen LogP contribution in [0.1, 0.15) is 11.4 Å². The minimum absolute atomic E-state index is 0.182. The van der Waals surface area contributed by atoms with Crippen LogP contribution in [0.3, 0.4) is 0 Å². The Labute approximate surface area is 124 Å². The lowest BCUT2D eigenvalue weighted by Gasteiger charge is -2.05. The van der Waals surface area contributed by atoms with E-state index in [4.69, 9.17) is 5.11 Å². The summed E-state index contributed by atoms with van der Waals surface area (Å²) in [5.74, 6) is 0.962. The third-order valence-electron chi connectivity index (χ3n) is 3.57. The maximum Gasteiger partial charge on any atom is 0.110 e. The summed E-state index contributed by atoms with van der Waals surface area (Å²) < 4.78 is 2.09. The summed E-state index contributed by atoms with van der Waals surface area (Å²) in [5, 5.41) is 8.96. The van der Waals surface area contributed by atoms with Crippen LogP contribution in [0.4, 0.5) is 0 Å². The van der Waals surface area contributed by atoms with E-state index in [0.717, 1.165) is 28.3 Å². The molecule has 0 fully saturated rings. The molecule has 0 saturated heterocycles. The smallest absolute Gasteiger partial charge is 0.110 e. The molecule has 0 unspecified atom stereocenters. The van der Waals surface area contributed by atoms with E-state index in [1.165, 1.54) is 0 Å². The lowest BCUT2D eigenvalue weighted by atomic mass is 10.1. The van der Waals surface area contributed by atoms with Gasteiger partial charge in [0, 0.05) is 24.1 Å². The Morgan fingerprint density at radius 2 is 1.71 bits per heavy atom. The third-order valence-corrected chi connectivity index (χ3v) is 3.57. The number of aliphatic hydroxyl groups excluding tert-OH is 1. The van der Waals surface area contributed by atoms with Crippen LogP contribution in [0.5, 0.6) is 0 Å². The first kappa shape index (κ1) is 13.6. The zero-order valence-electron chi connectivity index (χ0n) is 12.0. The average molecular weight is 278 g/mol. The standard InChI is InChI=1S/C18H18N2O/c1-14-19-18(16-5-3-2-4-6-16)13-20(14)17-9-7-15(8-10-17)11-12-21/h2-10,13,21H,11-12H2,1H3. The molecular formula is C18H18N2O. The van der Waals surface area contributed by atoms with Crippen molar-refractivity contribution in [3.8, 4) is 16.9 Å². The first-order chi connectivity index (χ1) is 10.3. The Bertz CT molecular complexity index is 715. The number of aryl methyl sites for hydroxylation is 1. The molecule has 0 radical (unpaired) electrons. The summed E-state index contributed by atoms with van der Waals surface area (Å²) in [4.78, 5) is 4.64. The van der Waals surface area contributed by atoms with Gasteiger partial charge in [0.15, 0.2) is 0 Å². The molecule has 0 amide bonds. The first-order valence-corrected chi connectivity index (χ1v) is 7.09. The number of rotatable bonds is 4.